The zero-order valence-corrected chi connectivity index (χ0v) is 13.1. The van der Waals surface area contributed by atoms with Crippen LogP contribution in [0.15, 0.2) is 24.3 Å². The Kier molecular flexibility index (Phi) is 4.85. The molecule has 5 nitrogen and oxygen atoms in total. The lowest BCUT2D eigenvalue weighted by molar-refractivity contribution is 0.289. The van der Waals surface area contributed by atoms with Gasteiger partial charge in [-0.2, -0.15) is 5.10 Å². The minimum Gasteiger partial charge on any atom is -0.497 e. The lowest BCUT2D eigenvalue weighted by atomic mass is 10.1. The van der Waals surface area contributed by atoms with Crippen molar-refractivity contribution < 1.29 is 9.47 Å². The molecule has 1 aromatic carbocycles. The first-order valence-corrected chi connectivity index (χ1v) is 7.04. The average molecular weight is 289 g/mol. The number of nitrogens with zero attached hydrogens (tertiary/aromatic N) is 2. The van der Waals surface area contributed by atoms with Crippen molar-refractivity contribution in [3.05, 3.63) is 41.2 Å². The summed E-state index contributed by atoms with van der Waals surface area (Å²) in [5.41, 5.74) is 9.00. The third-order valence-electron chi connectivity index (χ3n) is 3.29. The Balaban J connectivity index is 2.18. The summed E-state index contributed by atoms with van der Waals surface area (Å²) in [6.45, 7) is 4.42. The van der Waals surface area contributed by atoms with E-state index in [9.17, 15) is 0 Å². The molecule has 0 saturated heterocycles. The number of aryl methyl sites for hydroxylation is 2. The van der Waals surface area contributed by atoms with Gasteiger partial charge in [0.15, 0.2) is 0 Å². The smallest absolute Gasteiger partial charge is 0.130 e. The van der Waals surface area contributed by atoms with Crippen LogP contribution in [-0.2, 0) is 20.1 Å². The van der Waals surface area contributed by atoms with Gasteiger partial charge in [0.2, 0.25) is 0 Å². The minimum atomic E-state index is 0.0830. The van der Waals surface area contributed by atoms with Crippen LogP contribution in [0.2, 0.25) is 0 Å². The maximum Gasteiger partial charge on any atom is 0.130 e. The summed E-state index contributed by atoms with van der Waals surface area (Å²) >= 11 is 0. The average Bonchev–Trinajstić information content (AvgIpc) is 2.75. The number of hydrogen-bond acceptors (Lipinski definition) is 4. The molecular formula is C16H23N3O2. The first-order valence-electron chi connectivity index (χ1n) is 7.04. The molecule has 1 aromatic heterocycles. The third kappa shape index (κ3) is 3.98. The maximum atomic E-state index is 5.96. The van der Waals surface area contributed by atoms with Gasteiger partial charge < -0.3 is 15.2 Å². The van der Waals surface area contributed by atoms with Crippen LogP contribution in [0.3, 0.4) is 0 Å². The van der Waals surface area contributed by atoms with Gasteiger partial charge in [0.1, 0.15) is 18.1 Å². The fourth-order valence-corrected chi connectivity index (χ4v) is 2.26. The molecule has 2 N–H and O–H groups in total. The number of benzene rings is 1. The van der Waals surface area contributed by atoms with Gasteiger partial charge in [-0.1, -0.05) is 6.07 Å². The van der Waals surface area contributed by atoms with Crippen LogP contribution in [0, 0.1) is 6.92 Å². The van der Waals surface area contributed by atoms with E-state index in [0.29, 0.717) is 6.61 Å². The predicted molar refractivity (Wildman–Crippen MR) is 82.6 cm³/mol. The molecule has 2 rings (SSSR count). The van der Waals surface area contributed by atoms with Crippen molar-refractivity contribution in [3.8, 4) is 11.5 Å². The summed E-state index contributed by atoms with van der Waals surface area (Å²) in [5, 5.41) is 4.32. The molecule has 0 amide bonds. The van der Waals surface area contributed by atoms with Crippen LogP contribution >= 0.6 is 0 Å². The van der Waals surface area contributed by atoms with Crippen LogP contribution in [0.25, 0.3) is 0 Å². The van der Waals surface area contributed by atoms with E-state index < -0.39 is 0 Å². The molecule has 0 aliphatic heterocycles. The predicted octanol–water partition coefficient (Wildman–Crippen LogP) is 2.21. The van der Waals surface area contributed by atoms with Crippen LogP contribution < -0.4 is 15.2 Å². The molecule has 21 heavy (non-hydrogen) atoms. The van der Waals surface area contributed by atoms with E-state index in [1.54, 1.807) is 7.11 Å². The number of aromatic nitrogens is 2. The van der Waals surface area contributed by atoms with E-state index in [-0.39, 0.29) is 6.04 Å². The van der Waals surface area contributed by atoms with Crippen LogP contribution in [0.5, 0.6) is 11.5 Å². The van der Waals surface area contributed by atoms with E-state index in [2.05, 4.69) is 5.10 Å². The Labute approximate surface area is 125 Å². The monoisotopic (exact) mass is 289 g/mol. The van der Waals surface area contributed by atoms with Gasteiger partial charge in [0.05, 0.1) is 18.5 Å². The fraction of sp³-hybridized carbons (Fsp3) is 0.438. The molecule has 0 aliphatic rings. The summed E-state index contributed by atoms with van der Waals surface area (Å²) in [4.78, 5) is 0. The highest BCUT2D eigenvalue weighted by Gasteiger charge is 2.10. The lowest BCUT2D eigenvalue weighted by Crippen LogP contribution is -2.18. The molecule has 0 bridgehead atoms. The van der Waals surface area contributed by atoms with E-state index in [4.69, 9.17) is 15.2 Å². The zero-order chi connectivity index (χ0) is 15.4. The third-order valence-corrected chi connectivity index (χ3v) is 3.29. The summed E-state index contributed by atoms with van der Waals surface area (Å²) in [7, 11) is 3.56. The Morgan fingerprint density at radius 1 is 1.33 bits per heavy atom. The zero-order valence-electron chi connectivity index (χ0n) is 13.1. The molecule has 0 spiro atoms. The maximum absolute atomic E-state index is 5.96. The number of rotatable bonds is 6. The van der Waals surface area contributed by atoms with Crippen molar-refractivity contribution in [3.63, 3.8) is 0 Å². The van der Waals surface area contributed by atoms with E-state index in [1.807, 2.05) is 49.8 Å². The van der Waals surface area contributed by atoms with Gasteiger partial charge in [-0.05, 0) is 38.0 Å². The molecule has 5 heteroatoms. The summed E-state index contributed by atoms with van der Waals surface area (Å²) in [6.07, 6.45) is 0.768. The normalized spacial score (nSPS) is 12.2. The van der Waals surface area contributed by atoms with Crippen molar-refractivity contribution in [2.24, 2.45) is 12.8 Å². The number of ether oxygens (including phenoxy) is 2. The van der Waals surface area contributed by atoms with Crippen molar-refractivity contribution in [1.82, 2.24) is 9.78 Å². The first kappa shape index (κ1) is 15.4. The first-order chi connectivity index (χ1) is 9.99. The van der Waals surface area contributed by atoms with Gasteiger partial charge in [-0.3, -0.25) is 4.68 Å². The number of hydrogen-bond donors (Lipinski definition) is 1. The minimum absolute atomic E-state index is 0.0830. The van der Waals surface area contributed by atoms with Crippen LogP contribution in [-0.4, -0.2) is 22.9 Å². The summed E-state index contributed by atoms with van der Waals surface area (Å²) < 4.78 is 13.1. The van der Waals surface area contributed by atoms with Gasteiger partial charge in [0.25, 0.3) is 0 Å². The molecule has 1 heterocycles. The molecule has 114 valence electrons. The molecule has 0 aliphatic carbocycles. The van der Waals surface area contributed by atoms with Crippen molar-refractivity contribution in [2.45, 2.75) is 32.9 Å². The molecule has 0 saturated carbocycles. The number of nitrogens with two attached hydrogens (primary N) is 1. The summed E-state index contributed by atoms with van der Waals surface area (Å²) in [6, 6.07) is 7.94. The quantitative estimate of drug-likeness (QED) is 0.885. The van der Waals surface area contributed by atoms with E-state index in [0.717, 1.165) is 34.9 Å². The Hall–Kier alpha value is -2.01. The second-order valence-electron chi connectivity index (χ2n) is 5.34. The van der Waals surface area contributed by atoms with E-state index >= 15 is 0 Å². The van der Waals surface area contributed by atoms with Gasteiger partial charge in [0, 0.05) is 19.2 Å². The molecular weight excluding hydrogens is 266 g/mol. The summed E-state index contributed by atoms with van der Waals surface area (Å²) in [5.74, 6) is 1.59. The lowest BCUT2D eigenvalue weighted by Gasteiger charge is -2.14. The van der Waals surface area contributed by atoms with Crippen LogP contribution in [0.4, 0.5) is 0 Å². The molecule has 0 radical (unpaired) electrons. The highest BCUT2D eigenvalue weighted by molar-refractivity contribution is 5.41. The Bertz CT molecular complexity index is 606. The standard InChI is InChI=1S/C16H23N3O2/c1-11(17)7-13-5-6-15(20-4)9-16(13)21-10-14-8-12(2)18-19(14)3/h5-6,8-9,11H,7,10,17H2,1-4H3. The molecule has 0 fully saturated rings. The largest absolute Gasteiger partial charge is 0.497 e. The molecule has 1 atom stereocenters. The van der Waals surface area contributed by atoms with Gasteiger partial charge >= 0.3 is 0 Å². The number of methoxy groups -OCH3 is 1. The van der Waals surface area contributed by atoms with Gasteiger partial charge in [-0.15, -0.1) is 0 Å². The Morgan fingerprint density at radius 2 is 2.10 bits per heavy atom. The highest BCUT2D eigenvalue weighted by Crippen LogP contribution is 2.26. The van der Waals surface area contributed by atoms with Crippen LogP contribution in [0.1, 0.15) is 23.9 Å². The molecule has 1 unspecified atom stereocenters. The SMILES string of the molecule is COc1ccc(CC(C)N)c(OCc2cc(C)nn2C)c1. The Morgan fingerprint density at radius 3 is 2.67 bits per heavy atom. The van der Waals surface area contributed by atoms with Gasteiger partial charge in [-0.25, -0.2) is 0 Å². The highest BCUT2D eigenvalue weighted by atomic mass is 16.5. The topological polar surface area (TPSA) is 62.3 Å². The fourth-order valence-electron chi connectivity index (χ4n) is 2.26. The second kappa shape index (κ2) is 6.63. The van der Waals surface area contributed by atoms with Crippen molar-refractivity contribution in [2.75, 3.05) is 7.11 Å². The van der Waals surface area contributed by atoms with Crippen molar-refractivity contribution >= 4 is 0 Å². The van der Waals surface area contributed by atoms with Crippen molar-refractivity contribution in [1.29, 1.82) is 0 Å². The van der Waals surface area contributed by atoms with E-state index in [1.165, 1.54) is 0 Å². The molecule has 2 aromatic rings. The second-order valence-corrected chi connectivity index (χ2v) is 5.34.